The lowest BCUT2D eigenvalue weighted by Crippen LogP contribution is -2.27. The summed E-state index contributed by atoms with van der Waals surface area (Å²) in [4.78, 5) is 20.2. The van der Waals surface area contributed by atoms with E-state index in [0.29, 0.717) is 12.3 Å². The van der Waals surface area contributed by atoms with Crippen molar-refractivity contribution in [1.29, 1.82) is 0 Å². The van der Waals surface area contributed by atoms with Gasteiger partial charge < -0.3 is 9.84 Å². The number of thiazole rings is 1. The number of carbonyl (C=O) groups excluding carboxylic acids is 1. The molecule has 0 bridgehead atoms. The average molecular weight is 385 g/mol. The van der Waals surface area contributed by atoms with Gasteiger partial charge in [-0.2, -0.15) is 0 Å². The molecule has 7 heteroatoms. The molecule has 0 fully saturated rings. The van der Waals surface area contributed by atoms with Gasteiger partial charge in [0.25, 0.3) is 5.91 Å². The summed E-state index contributed by atoms with van der Waals surface area (Å²) in [6.45, 7) is 7.27. The highest BCUT2D eigenvalue weighted by molar-refractivity contribution is 7.11. The molecule has 27 heavy (non-hydrogen) atoms. The average Bonchev–Trinajstić information content (AvgIpc) is 3.21. The van der Waals surface area contributed by atoms with Gasteiger partial charge in [-0.3, -0.25) is 9.69 Å². The Balaban J connectivity index is 1.58. The van der Waals surface area contributed by atoms with Gasteiger partial charge in [-0.15, -0.1) is 11.3 Å². The molecule has 0 saturated carbocycles. The van der Waals surface area contributed by atoms with E-state index < -0.39 is 0 Å². The van der Waals surface area contributed by atoms with Gasteiger partial charge in [-0.05, 0) is 33.4 Å². The van der Waals surface area contributed by atoms with Crippen molar-refractivity contribution < 1.29 is 9.32 Å². The highest BCUT2D eigenvalue weighted by Crippen LogP contribution is 2.22. The Kier molecular flexibility index (Phi) is 6.03. The van der Waals surface area contributed by atoms with Gasteiger partial charge in [-0.1, -0.05) is 35.5 Å². The minimum Gasteiger partial charge on any atom is -0.359 e. The van der Waals surface area contributed by atoms with E-state index in [1.807, 2.05) is 46.0 Å². The van der Waals surface area contributed by atoms with E-state index in [9.17, 15) is 4.79 Å². The lowest BCUT2D eigenvalue weighted by Gasteiger charge is -2.14. The molecule has 1 aromatic carbocycles. The molecule has 0 saturated heterocycles. The Bertz CT molecular complexity index is 904. The highest BCUT2D eigenvalue weighted by Gasteiger charge is 2.19. The molecule has 3 aromatic rings. The van der Waals surface area contributed by atoms with Crippen molar-refractivity contribution in [1.82, 2.24) is 20.4 Å². The fraction of sp³-hybridized carbons (Fsp3) is 0.350. The minimum atomic E-state index is -0.256. The molecule has 0 aliphatic rings. The summed E-state index contributed by atoms with van der Waals surface area (Å²) in [7, 11) is 2.00. The number of benzene rings is 1. The van der Waals surface area contributed by atoms with Crippen LogP contribution in [-0.2, 0) is 13.1 Å². The Morgan fingerprint density at radius 2 is 2.00 bits per heavy atom. The van der Waals surface area contributed by atoms with Crippen LogP contribution in [0.25, 0.3) is 0 Å². The van der Waals surface area contributed by atoms with Crippen molar-refractivity contribution in [2.75, 3.05) is 7.05 Å². The third-order valence-corrected chi connectivity index (χ3v) is 5.11. The molecule has 0 aliphatic heterocycles. The zero-order chi connectivity index (χ0) is 19.4. The molecule has 0 aliphatic carbocycles. The second-order valence-electron chi connectivity index (χ2n) is 6.71. The van der Waals surface area contributed by atoms with Crippen LogP contribution in [0.5, 0.6) is 0 Å². The largest absolute Gasteiger partial charge is 0.359 e. The monoisotopic (exact) mass is 384 g/mol. The predicted molar refractivity (Wildman–Crippen MR) is 106 cm³/mol. The third-order valence-electron chi connectivity index (χ3n) is 4.21. The molecule has 6 nitrogen and oxygen atoms in total. The number of carbonyl (C=O) groups is 1. The van der Waals surface area contributed by atoms with Gasteiger partial charge >= 0.3 is 0 Å². The number of hydrogen-bond donors (Lipinski definition) is 1. The van der Waals surface area contributed by atoms with Crippen molar-refractivity contribution in [3.05, 3.63) is 69.0 Å². The molecule has 0 spiro atoms. The molecule has 1 N–H and O–H groups in total. The van der Waals surface area contributed by atoms with Crippen LogP contribution < -0.4 is 5.32 Å². The number of aromatic nitrogens is 2. The van der Waals surface area contributed by atoms with Gasteiger partial charge in [0, 0.05) is 17.5 Å². The first-order valence-electron chi connectivity index (χ1n) is 8.85. The molecular weight excluding hydrogens is 360 g/mol. The summed E-state index contributed by atoms with van der Waals surface area (Å²) >= 11 is 1.63. The first-order chi connectivity index (χ1) is 12.9. The number of amides is 1. The summed E-state index contributed by atoms with van der Waals surface area (Å²) in [5.41, 5.74) is 2.41. The number of aryl methyl sites for hydroxylation is 2. The lowest BCUT2D eigenvalue weighted by atomic mass is 10.2. The molecular formula is C20H24N4O2S. The van der Waals surface area contributed by atoms with Crippen molar-refractivity contribution in [2.24, 2.45) is 0 Å². The fourth-order valence-corrected chi connectivity index (χ4v) is 3.91. The van der Waals surface area contributed by atoms with Crippen LogP contribution in [0, 0.1) is 13.8 Å². The molecule has 3 rings (SSSR count). The Labute approximate surface area is 163 Å². The van der Waals surface area contributed by atoms with Gasteiger partial charge in [0.15, 0.2) is 11.5 Å². The van der Waals surface area contributed by atoms with E-state index in [2.05, 4.69) is 32.5 Å². The molecule has 0 radical (unpaired) electrons. The van der Waals surface area contributed by atoms with Crippen LogP contribution >= 0.6 is 11.3 Å². The Morgan fingerprint density at radius 1 is 1.26 bits per heavy atom. The number of rotatable bonds is 7. The number of nitrogens with one attached hydrogen (secondary N) is 1. The number of hydrogen-bond acceptors (Lipinski definition) is 6. The van der Waals surface area contributed by atoms with Crippen LogP contribution in [0.4, 0.5) is 0 Å². The van der Waals surface area contributed by atoms with E-state index in [-0.39, 0.29) is 17.6 Å². The van der Waals surface area contributed by atoms with Crippen LogP contribution in [0.2, 0.25) is 0 Å². The summed E-state index contributed by atoms with van der Waals surface area (Å²) < 4.78 is 5.34. The van der Waals surface area contributed by atoms with E-state index >= 15 is 0 Å². The van der Waals surface area contributed by atoms with E-state index in [4.69, 9.17) is 4.52 Å². The van der Waals surface area contributed by atoms with Gasteiger partial charge in [0.05, 0.1) is 23.3 Å². The summed E-state index contributed by atoms with van der Waals surface area (Å²) in [5, 5.41) is 7.86. The van der Waals surface area contributed by atoms with Crippen LogP contribution in [0.15, 0.2) is 40.9 Å². The molecule has 2 aromatic heterocycles. The fourth-order valence-electron chi connectivity index (χ4n) is 3.00. The summed E-state index contributed by atoms with van der Waals surface area (Å²) in [5.74, 6) is 0.403. The minimum absolute atomic E-state index is 0.177. The quantitative estimate of drug-likeness (QED) is 0.669. The normalized spacial score (nSPS) is 12.3. The van der Waals surface area contributed by atoms with Gasteiger partial charge in [-0.25, -0.2) is 4.98 Å². The number of nitrogens with zero attached hydrogens (tertiary/aromatic N) is 3. The van der Waals surface area contributed by atoms with E-state index in [0.717, 1.165) is 22.1 Å². The topological polar surface area (TPSA) is 71.3 Å². The summed E-state index contributed by atoms with van der Waals surface area (Å²) in [6.07, 6.45) is 0. The van der Waals surface area contributed by atoms with Gasteiger partial charge in [0.2, 0.25) is 0 Å². The van der Waals surface area contributed by atoms with Crippen molar-refractivity contribution in [3.63, 3.8) is 0 Å². The van der Waals surface area contributed by atoms with Crippen molar-refractivity contribution in [3.8, 4) is 0 Å². The highest BCUT2D eigenvalue weighted by atomic mass is 32.1. The maximum atomic E-state index is 12.5. The second-order valence-corrected chi connectivity index (χ2v) is 8.11. The molecule has 1 unspecified atom stereocenters. The van der Waals surface area contributed by atoms with Crippen molar-refractivity contribution >= 4 is 17.2 Å². The first-order valence-corrected chi connectivity index (χ1v) is 9.67. The standard InChI is InChI=1S/C20H24N4O2S/c1-13(19-14(2)27-15(3)22-19)21-20(25)18-10-17(26-23-18)12-24(4)11-16-8-6-5-7-9-16/h5-10,13H,11-12H2,1-4H3,(H,21,25). The van der Waals surface area contributed by atoms with E-state index in [1.165, 1.54) is 5.56 Å². The smallest absolute Gasteiger partial charge is 0.274 e. The van der Waals surface area contributed by atoms with Crippen LogP contribution in [0.3, 0.4) is 0 Å². The molecule has 142 valence electrons. The van der Waals surface area contributed by atoms with E-state index in [1.54, 1.807) is 17.4 Å². The molecule has 1 amide bonds. The molecule has 1 atom stereocenters. The molecule has 2 heterocycles. The third kappa shape index (κ3) is 5.02. The predicted octanol–water partition coefficient (Wildman–Crippen LogP) is 3.87. The zero-order valence-corrected chi connectivity index (χ0v) is 16.8. The lowest BCUT2D eigenvalue weighted by molar-refractivity contribution is 0.0930. The SMILES string of the molecule is Cc1nc(C(C)NC(=O)c2cc(CN(C)Cc3ccccc3)on2)c(C)s1. The second kappa shape index (κ2) is 8.45. The Hall–Kier alpha value is -2.51. The first kappa shape index (κ1) is 19.3. The summed E-state index contributed by atoms with van der Waals surface area (Å²) in [6, 6.07) is 11.7. The van der Waals surface area contributed by atoms with Crippen LogP contribution in [0.1, 0.15) is 50.4 Å². The van der Waals surface area contributed by atoms with Crippen molar-refractivity contribution in [2.45, 2.75) is 39.9 Å². The zero-order valence-electron chi connectivity index (χ0n) is 16.0. The maximum absolute atomic E-state index is 12.5. The van der Waals surface area contributed by atoms with Gasteiger partial charge in [0.1, 0.15) is 0 Å². The van der Waals surface area contributed by atoms with Crippen LogP contribution in [-0.4, -0.2) is 28.0 Å². The Morgan fingerprint density at radius 3 is 2.67 bits per heavy atom. The maximum Gasteiger partial charge on any atom is 0.274 e.